The molecule has 1 heterocycles. The van der Waals surface area contributed by atoms with Gasteiger partial charge in [-0.05, 0) is 0 Å². The van der Waals surface area contributed by atoms with E-state index in [0.717, 1.165) is 4.43 Å². The number of alkyl halides is 3. The number of hydrogen-bond acceptors (Lipinski definition) is 4. The summed E-state index contributed by atoms with van der Waals surface area (Å²) in [6, 6.07) is 4.46. The number of halogens is 3. The topological polar surface area (TPSA) is 58.6 Å². The molecular weight excluding hydrogens is 491 g/mol. The van der Waals surface area contributed by atoms with Gasteiger partial charge in [0.25, 0.3) is 0 Å². The summed E-state index contributed by atoms with van der Waals surface area (Å²) in [6.07, 6.45) is 5.64. The van der Waals surface area contributed by atoms with Crippen LogP contribution in [0.1, 0.15) is 5.56 Å². The molecule has 0 saturated carbocycles. The molecule has 3 rings (SSSR count). The standard InChI is InChI=1S/C22H26F2INO3/c1-14-4-6-16(8-17(14)10-23)20-11-25(20)21(27)22(28,12-26-3)13-29-18-7-5-15(2)19(24)9-18/h4-9,16,20,26,28H,1,10-13H2,2-3H3/t16?,20?,22-/m0/s1. The van der Waals surface area contributed by atoms with E-state index >= 15 is 0 Å². The third-order valence-corrected chi connectivity index (χ3v) is 11.3. The molecule has 3 atom stereocenters. The third-order valence-electron chi connectivity index (χ3n) is 5.11. The molecule has 158 valence electrons. The number of aliphatic hydroxyl groups is 1. The maximum absolute atomic E-state index is 13.7. The van der Waals surface area contributed by atoms with Crippen molar-refractivity contribution < 1.29 is 23.4 Å². The molecule has 0 amide bonds. The van der Waals surface area contributed by atoms with Crippen LogP contribution in [-0.2, 0) is 4.79 Å². The number of carbonyl (C=O) groups is 1. The quantitative estimate of drug-likeness (QED) is 0.299. The SMILES string of the molecule is C=C1C=CC(C2CI2C(=O)[C@](O)(CNC)COc2ccc(C)c(F)c2)C=C1CF. The summed E-state index contributed by atoms with van der Waals surface area (Å²) in [6.45, 7) is 4.72. The molecule has 0 radical (unpaired) electrons. The number of ether oxygens (including phenoxy) is 1. The van der Waals surface area contributed by atoms with E-state index in [1.807, 2.05) is 18.2 Å². The van der Waals surface area contributed by atoms with Gasteiger partial charge in [-0.2, -0.15) is 0 Å². The van der Waals surface area contributed by atoms with Crippen molar-refractivity contribution in [2.45, 2.75) is 16.4 Å². The van der Waals surface area contributed by atoms with Gasteiger partial charge >= 0.3 is 177 Å². The second kappa shape index (κ2) is 9.06. The monoisotopic (exact) mass is 517 g/mol. The number of aryl methyl sites for hydroxylation is 1. The van der Waals surface area contributed by atoms with Crippen LogP contribution in [0, 0.1) is 18.7 Å². The van der Waals surface area contributed by atoms with Gasteiger partial charge in [0.1, 0.15) is 0 Å². The number of nitrogens with one attached hydrogen (secondary N) is 1. The van der Waals surface area contributed by atoms with Crippen molar-refractivity contribution in [3.63, 3.8) is 0 Å². The van der Waals surface area contributed by atoms with Gasteiger partial charge in [0, 0.05) is 0 Å². The first-order chi connectivity index (χ1) is 13.8. The fourth-order valence-corrected chi connectivity index (χ4v) is 9.88. The number of hydrogen-bond donors (Lipinski definition) is 2. The van der Waals surface area contributed by atoms with Crippen molar-refractivity contribution in [1.29, 1.82) is 0 Å². The van der Waals surface area contributed by atoms with E-state index < -0.39 is 37.9 Å². The molecule has 1 fully saturated rings. The Morgan fingerprint density at radius 3 is 2.90 bits per heavy atom. The van der Waals surface area contributed by atoms with Crippen LogP contribution in [0.3, 0.4) is 0 Å². The van der Waals surface area contributed by atoms with Crippen molar-refractivity contribution >= 4 is 23.6 Å². The van der Waals surface area contributed by atoms with Crippen LogP contribution in [0.5, 0.6) is 5.75 Å². The Bertz CT molecular complexity index is 870. The molecule has 1 aliphatic carbocycles. The average molecular weight is 517 g/mol. The summed E-state index contributed by atoms with van der Waals surface area (Å²) in [4.78, 5) is 13.1. The zero-order chi connectivity index (χ0) is 21.2. The summed E-state index contributed by atoms with van der Waals surface area (Å²) >= 11 is -2.09. The van der Waals surface area contributed by atoms with Crippen LogP contribution >= 0.6 is 19.8 Å². The Morgan fingerprint density at radius 2 is 2.24 bits per heavy atom. The fraction of sp³-hybridized carbons (Fsp3) is 0.409. The van der Waals surface area contributed by atoms with Crippen LogP contribution in [0.4, 0.5) is 8.78 Å². The van der Waals surface area contributed by atoms with E-state index in [4.69, 9.17) is 4.74 Å². The summed E-state index contributed by atoms with van der Waals surface area (Å²) in [7, 11) is 1.66. The summed E-state index contributed by atoms with van der Waals surface area (Å²) in [5.74, 6) is -0.105. The van der Waals surface area contributed by atoms with Crippen LogP contribution in [0.2, 0.25) is 0 Å². The van der Waals surface area contributed by atoms with Crippen LogP contribution in [0.25, 0.3) is 0 Å². The molecule has 1 aromatic rings. The first-order valence-electron chi connectivity index (χ1n) is 9.38. The predicted molar refractivity (Wildman–Crippen MR) is 119 cm³/mol. The van der Waals surface area contributed by atoms with Crippen molar-refractivity contribution in [1.82, 2.24) is 5.32 Å². The van der Waals surface area contributed by atoms with Gasteiger partial charge in [-0.1, -0.05) is 0 Å². The van der Waals surface area contributed by atoms with E-state index in [1.54, 1.807) is 26.1 Å². The fourth-order valence-electron chi connectivity index (χ4n) is 3.25. The molecule has 0 bridgehead atoms. The number of carbonyl (C=O) groups excluding carboxylic acids is 1. The molecule has 1 aliphatic heterocycles. The molecular formula is C22H26F2INO3. The summed E-state index contributed by atoms with van der Waals surface area (Å²) in [5, 5.41) is 13.9. The zero-order valence-corrected chi connectivity index (χ0v) is 18.7. The predicted octanol–water partition coefficient (Wildman–Crippen LogP) is 3.52. The third kappa shape index (κ3) is 4.95. The minimum absolute atomic E-state index is 0.0198. The Kier molecular flexibility index (Phi) is 6.90. The second-order valence-electron chi connectivity index (χ2n) is 7.39. The molecule has 0 aromatic heterocycles. The first kappa shape index (κ1) is 22.1. The van der Waals surface area contributed by atoms with Gasteiger partial charge in [-0.3, -0.25) is 0 Å². The van der Waals surface area contributed by atoms with Crippen LogP contribution in [-0.4, -0.2) is 49.7 Å². The van der Waals surface area contributed by atoms with E-state index in [9.17, 15) is 18.7 Å². The van der Waals surface area contributed by atoms with Crippen molar-refractivity contribution in [3.05, 3.63) is 65.5 Å². The molecule has 0 spiro atoms. The summed E-state index contributed by atoms with van der Waals surface area (Å²) < 4.78 is 33.3. The van der Waals surface area contributed by atoms with Gasteiger partial charge in [0.2, 0.25) is 0 Å². The number of likely N-dealkylation sites (N-methyl/N-ethyl adjacent to an activating group) is 1. The van der Waals surface area contributed by atoms with Crippen LogP contribution in [0.15, 0.2) is 54.2 Å². The number of allylic oxidation sites excluding steroid dienone is 5. The minimum atomic E-state index is -2.09. The average Bonchev–Trinajstić information content (AvgIpc) is 3.49. The van der Waals surface area contributed by atoms with Crippen molar-refractivity contribution in [2.24, 2.45) is 5.92 Å². The molecule has 29 heavy (non-hydrogen) atoms. The maximum atomic E-state index is 13.7. The molecule has 4 nitrogen and oxygen atoms in total. The van der Waals surface area contributed by atoms with Crippen LogP contribution < -0.4 is 10.1 Å². The van der Waals surface area contributed by atoms with E-state index in [-0.39, 0.29) is 32.5 Å². The number of rotatable bonds is 9. The van der Waals surface area contributed by atoms with E-state index in [1.165, 1.54) is 6.07 Å². The second-order valence-corrected chi connectivity index (χ2v) is 13.1. The molecule has 2 N–H and O–H groups in total. The normalized spacial score (nSPS) is 24.1. The van der Waals surface area contributed by atoms with E-state index in [0.29, 0.717) is 16.7 Å². The van der Waals surface area contributed by atoms with E-state index in [2.05, 4.69) is 11.9 Å². The Hall–Kier alpha value is -1.58. The molecule has 7 heteroatoms. The molecule has 2 aliphatic rings. The Balaban J connectivity index is 1.68. The van der Waals surface area contributed by atoms with Crippen molar-refractivity contribution in [2.75, 3.05) is 31.3 Å². The van der Waals surface area contributed by atoms with Gasteiger partial charge in [0.05, 0.1) is 0 Å². The molecule has 2 unspecified atom stereocenters. The van der Waals surface area contributed by atoms with Gasteiger partial charge in [-0.25, -0.2) is 0 Å². The van der Waals surface area contributed by atoms with Gasteiger partial charge in [-0.15, -0.1) is 0 Å². The van der Waals surface area contributed by atoms with Gasteiger partial charge in [0.15, 0.2) is 0 Å². The molecule has 1 aromatic carbocycles. The summed E-state index contributed by atoms with van der Waals surface area (Å²) in [5.41, 5.74) is 0.0750. The van der Waals surface area contributed by atoms with Gasteiger partial charge < -0.3 is 0 Å². The zero-order valence-electron chi connectivity index (χ0n) is 16.6. The Morgan fingerprint density at radius 1 is 1.48 bits per heavy atom. The van der Waals surface area contributed by atoms with Crippen molar-refractivity contribution in [3.8, 4) is 5.75 Å². The number of benzene rings is 1. The molecule has 1 saturated heterocycles. The first-order valence-corrected chi connectivity index (χ1v) is 13.2. The Labute approximate surface area is 177 Å².